The van der Waals surface area contributed by atoms with E-state index >= 15 is 0 Å². The van der Waals surface area contributed by atoms with Crippen molar-refractivity contribution in [3.05, 3.63) is 17.0 Å². The number of carbonyl (C=O) groups excluding carboxylic acids is 1. The Labute approximate surface area is 124 Å². The maximum Gasteiger partial charge on any atom is 0.306 e. The second-order valence-corrected chi connectivity index (χ2v) is 5.38. The Balaban J connectivity index is 1.95. The molecule has 1 aromatic heterocycles. The van der Waals surface area contributed by atoms with Crippen LogP contribution in [0.4, 0.5) is 0 Å². The normalized spacial score (nSPS) is 20.5. The molecule has 6 heteroatoms. The summed E-state index contributed by atoms with van der Waals surface area (Å²) < 4.78 is 9.83. The minimum Gasteiger partial charge on any atom is -0.469 e. The molecule has 1 aromatic rings. The van der Waals surface area contributed by atoms with Crippen LogP contribution < -0.4 is 0 Å². The van der Waals surface area contributed by atoms with Crippen molar-refractivity contribution in [2.75, 3.05) is 7.11 Å². The first-order valence-corrected chi connectivity index (χ1v) is 7.29. The molecule has 0 radical (unpaired) electrons. The van der Waals surface area contributed by atoms with E-state index in [1.54, 1.807) is 0 Å². The predicted molar refractivity (Wildman–Crippen MR) is 76.8 cm³/mol. The predicted octanol–water partition coefficient (Wildman–Crippen LogP) is 2.92. The highest BCUT2D eigenvalue weighted by Gasteiger charge is 2.24. The Hall–Kier alpha value is -1.85. The highest BCUT2D eigenvalue weighted by atomic mass is 16.6. The molecule has 1 saturated carbocycles. The lowest BCUT2D eigenvalue weighted by Gasteiger charge is -2.22. The van der Waals surface area contributed by atoms with Crippen LogP contribution in [0, 0.1) is 19.8 Å². The van der Waals surface area contributed by atoms with E-state index < -0.39 is 0 Å². The zero-order valence-corrected chi connectivity index (χ0v) is 12.8. The van der Waals surface area contributed by atoms with Crippen molar-refractivity contribution in [3.63, 3.8) is 0 Å². The number of methoxy groups -OCH3 is 1. The fraction of sp³-hybridized carbons (Fsp3) is 0.667. The molecule has 1 aliphatic carbocycles. The number of carbonyl (C=O) groups is 1. The molecule has 0 aliphatic heterocycles. The monoisotopic (exact) mass is 294 g/mol. The van der Waals surface area contributed by atoms with E-state index in [1.165, 1.54) is 7.11 Å². The van der Waals surface area contributed by atoms with Crippen LogP contribution in [0.15, 0.2) is 9.68 Å². The summed E-state index contributed by atoms with van der Waals surface area (Å²) in [5, 5.41) is 8.13. The summed E-state index contributed by atoms with van der Waals surface area (Å²) in [5.41, 5.74) is 2.71. The largest absolute Gasteiger partial charge is 0.469 e. The van der Waals surface area contributed by atoms with Gasteiger partial charge in [0.15, 0.2) is 0 Å². The van der Waals surface area contributed by atoms with Crippen LogP contribution in [0.5, 0.6) is 0 Å². The summed E-state index contributed by atoms with van der Waals surface area (Å²) >= 11 is 0. The van der Waals surface area contributed by atoms with Crippen LogP contribution in [0.3, 0.4) is 0 Å². The van der Waals surface area contributed by atoms with Crippen LogP contribution in [-0.4, -0.2) is 23.9 Å². The molecule has 0 spiro atoms. The molecule has 0 saturated heterocycles. The molecular weight excluding hydrogens is 272 g/mol. The Morgan fingerprint density at radius 2 is 2.24 bits per heavy atom. The third kappa shape index (κ3) is 4.06. The number of ether oxygens (including phenoxy) is 1. The summed E-state index contributed by atoms with van der Waals surface area (Å²) in [5.74, 6) is 0.693. The number of oxime groups is 1. The summed E-state index contributed by atoms with van der Waals surface area (Å²) in [6.07, 6.45) is 4.42. The van der Waals surface area contributed by atoms with Crippen molar-refractivity contribution in [2.24, 2.45) is 11.1 Å². The smallest absolute Gasteiger partial charge is 0.306 e. The Morgan fingerprint density at radius 1 is 1.43 bits per heavy atom. The highest BCUT2D eigenvalue weighted by Crippen LogP contribution is 2.25. The number of rotatable bonds is 5. The average Bonchev–Trinajstić information content (AvgIpc) is 2.80. The molecule has 0 aromatic carbocycles. The minimum absolute atomic E-state index is 0.135. The van der Waals surface area contributed by atoms with Gasteiger partial charge in [0.2, 0.25) is 0 Å². The maximum atomic E-state index is 11.4. The van der Waals surface area contributed by atoms with Gasteiger partial charge in [-0.2, -0.15) is 0 Å². The number of nitrogens with zero attached hydrogens (tertiary/aromatic N) is 2. The van der Waals surface area contributed by atoms with E-state index in [9.17, 15) is 4.79 Å². The molecule has 0 amide bonds. The summed E-state index contributed by atoms with van der Waals surface area (Å²) in [4.78, 5) is 16.9. The van der Waals surface area contributed by atoms with E-state index in [0.29, 0.717) is 13.0 Å². The molecular formula is C15H22N2O4. The maximum absolute atomic E-state index is 11.4. The molecule has 116 valence electrons. The summed E-state index contributed by atoms with van der Waals surface area (Å²) in [6.45, 7) is 4.07. The molecule has 1 aliphatic rings. The Bertz CT molecular complexity index is 502. The quantitative estimate of drug-likeness (QED) is 0.616. The second-order valence-electron chi connectivity index (χ2n) is 5.38. The number of esters is 1. The van der Waals surface area contributed by atoms with E-state index in [4.69, 9.17) is 14.1 Å². The Morgan fingerprint density at radius 3 is 2.90 bits per heavy atom. The van der Waals surface area contributed by atoms with E-state index in [1.807, 2.05) is 13.8 Å². The van der Waals surface area contributed by atoms with Crippen molar-refractivity contribution < 1.29 is 18.9 Å². The van der Waals surface area contributed by atoms with Gasteiger partial charge < -0.3 is 14.1 Å². The zero-order valence-electron chi connectivity index (χ0n) is 12.8. The molecule has 0 N–H and O–H groups in total. The standard InChI is InChI=1S/C15H22N2O4/c1-10-13(11(2)21-16-10)9-20-17-14-7-5-4-6-12(14)8-15(18)19-3/h12H,4-9H2,1-3H3. The first-order chi connectivity index (χ1) is 10.1. The average molecular weight is 294 g/mol. The third-order valence-electron chi connectivity index (χ3n) is 3.92. The molecule has 2 rings (SSSR count). The summed E-state index contributed by atoms with van der Waals surface area (Å²) in [7, 11) is 1.41. The van der Waals surface area contributed by atoms with E-state index in [0.717, 1.165) is 48.4 Å². The van der Waals surface area contributed by atoms with Crippen molar-refractivity contribution in [1.82, 2.24) is 5.16 Å². The van der Waals surface area contributed by atoms with Crippen molar-refractivity contribution >= 4 is 11.7 Å². The van der Waals surface area contributed by atoms with Crippen LogP contribution in [0.25, 0.3) is 0 Å². The van der Waals surface area contributed by atoms with Gasteiger partial charge in [0, 0.05) is 5.92 Å². The number of aromatic nitrogens is 1. The van der Waals surface area contributed by atoms with Crippen molar-refractivity contribution in [1.29, 1.82) is 0 Å². The van der Waals surface area contributed by atoms with Crippen LogP contribution >= 0.6 is 0 Å². The van der Waals surface area contributed by atoms with Gasteiger partial charge in [-0.1, -0.05) is 16.7 Å². The first kappa shape index (κ1) is 15.5. The van der Waals surface area contributed by atoms with Crippen LogP contribution in [0.2, 0.25) is 0 Å². The highest BCUT2D eigenvalue weighted by molar-refractivity contribution is 5.90. The molecule has 1 atom stereocenters. The molecule has 1 heterocycles. The number of hydrogen-bond acceptors (Lipinski definition) is 6. The molecule has 1 fully saturated rings. The first-order valence-electron chi connectivity index (χ1n) is 7.29. The lowest BCUT2D eigenvalue weighted by molar-refractivity contribution is -0.141. The second kappa shape index (κ2) is 7.24. The third-order valence-corrected chi connectivity index (χ3v) is 3.92. The summed E-state index contributed by atoms with van der Waals surface area (Å²) in [6, 6.07) is 0. The molecule has 21 heavy (non-hydrogen) atoms. The van der Waals surface area contributed by atoms with Gasteiger partial charge in [-0.3, -0.25) is 4.79 Å². The molecule has 6 nitrogen and oxygen atoms in total. The lowest BCUT2D eigenvalue weighted by atomic mass is 9.85. The van der Waals surface area contributed by atoms with Gasteiger partial charge >= 0.3 is 5.97 Å². The van der Waals surface area contributed by atoms with Crippen LogP contribution in [-0.2, 0) is 21.0 Å². The fourth-order valence-corrected chi connectivity index (χ4v) is 2.58. The van der Waals surface area contributed by atoms with E-state index in [2.05, 4.69) is 10.3 Å². The Kier molecular flexibility index (Phi) is 5.36. The van der Waals surface area contributed by atoms with Crippen molar-refractivity contribution in [3.8, 4) is 0 Å². The van der Waals surface area contributed by atoms with Gasteiger partial charge in [0.25, 0.3) is 0 Å². The zero-order chi connectivity index (χ0) is 15.2. The van der Waals surface area contributed by atoms with Gasteiger partial charge in [-0.25, -0.2) is 0 Å². The van der Waals surface area contributed by atoms with Gasteiger partial charge in [0.05, 0.1) is 30.5 Å². The topological polar surface area (TPSA) is 73.9 Å². The van der Waals surface area contributed by atoms with Gasteiger partial charge in [-0.15, -0.1) is 0 Å². The number of hydrogen-bond donors (Lipinski definition) is 0. The lowest BCUT2D eigenvalue weighted by Crippen LogP contribution is -2.23. The molecule has 1 unspecified atom stereocenters. The van der Waals surface area contributed by atoms with Gasteiger partial charge in [-0.05, 0) is 33.1 Å². The van der Waals surface area contributed by atoms with Crippen LogP contribution in [0.1, 0.15) is 49.1 Å². The fourth-order valence-electron chi connectivity index (χ4n) is 2.58. The van der Waals surface area contributed by atoms with E-state index in [-0.39, 0.29) is 11.9 Å². The molecule has 0 bridgehead atoms. The number of aryl methyl sites for hydroxylation is 2. The van der Waals surface area contributed by atoms with Gasteiger partial charge in [0.1, 0.15) is 12.4 Å². The SMILES string of the molecule is COC(=O)CC1CCCCC1=NOCc1c(C)noc1C. The van der Waals surface area contributed by atoms with Crippen molar-refractivity contribution in [2.45, 2.75) is 52.6 Å². The minimum atomic E-state index is -0.194.